The number of benzene rings is 1. The van der Waals surface area contributed by atoms with Gasteiger partial charge in [-0.2, -0.15) is 0 Å². The van der Waals surface area contributed by atoms with E-state index in [0.717, 1.165) is 18.5 Å². The number of carbonyl (C=O) groups is 1. The predicted octanol–water partition coefficient (Wildman–Crippen LogP) is 0.382. The van der Waals surface area contributed by atoms with E-state index in [4.69, 9.17) is 23.2 Å². The van der Waals surface area contributed by atoms with E-state index >= 15 is 0 Å². The Hall–Kier alpha value is -0.770. The van der Waals surface area contributed by atoms with Crippen molar-refractivity contribution in [3.8, 4) is 0 Å². The fraction of sp³-hybridized carbons (Fsp3) is 0.417. The van der Waals surface area contributed by atoms with Crippen molar-refractivity contribution in [3.05, 3.63) is 33.8 Å². The third-order valence-electron chi connectivity index (χ3n) is 3.27. The quantitative estimate of drug-likeness (QED) is 0.866. The van der Waals surface area contributed by atoms with E-state index in [9.17, 15) is 9.90 Å². The van der Waals surface area contributed by atoms with E-state index in [1.54, 1.807) is 12.1 Å². The van der Waals surface area contributed by atoms with Crippen LogP contribution in [0.3, 0.4) is 0 Å². The number of carbonyl (C=O) groups excluding carboxylic acids is 1. The van der Waals surface area contributed by atoms with Crippen LogP contribution < -0.4 is 10.4 Å². The summed E-state index contributed by atoms with van der Waals surface area (Å²) in [5, 5.41) is 14.1. The van der Waals surface area contributed by atoms with E-state index in [2.05, 4.69) is 0 Å². The molecule has 1 atom stereocenters. The van der Waals surface area contributed by atoms with Crippen LogP contribution in [0.5, 0.6) is 0 Å². The van der Waals surface area contributed by atoms with Gasteiger partial charge in [-0.15, -0.1) is 0 Å². The van der Waals surface area contributed by atoms with Crippen molar-refractivity contribution in [3.63, 3.8) is 0 Å². The summed E-state index contributed by atoms with van der Waals surface area (Å²) < 4.78 is 0. The largest absolute Gasteiger partial charge is 0.544 e. The van der Waals surface area contributed by atoms with E-state index in [0.29, 0.717) is 22.9 Å². The summed E-state index contributed by atoms with van der Waals surface area (Å²) >= 11 is 11.7. The van der Waals surface area contributed by atoms with Gasteiger partial charge in [-0.05, 0) is 17.7 Å². The molecule has 2 rings (SSSR count). The Morgan fingerprint density at radius 3 is 2.71 bits per heavy atom. The van der Waals surface area contributed by atoms with Crippen molar-refractivity contribution in [1.82, 2.24) is 0 Å². The molecule has 0 amide bonds. The number of quaternary nitrogens is 1. The van der Waals surface area contributed by atoms with Crippen molar-refractivity contribution in [1.29, 1.82) is 0 Å². The van der Waals surface area contributed by atoms with Crippen molar-refractivity contribution < 1.29 is 15.2 Å². The third-order valence-corrected chi connectivity index (χ3v) is 4.01. The zero-order valence-electron chi connectivity index (χ0n) is 9.21. The second kappa shape index (κ2) is 4.84. The molecule has 17 heavy (non-hydrogen) atoms. The molecule has 0 spiro atoms. The molecular weight excluding hydrogens is 261 g/mol. The Balaban J connectivity index is 2.23. The molecule has 0 radical (unpaired) electrons. The highest BCUT2D eigenvalue weighted by atomic mass is 35.5. The standard InChI is InChI=1S/C12H13Cl2NO2/c13-9-3-2-8(6-10(9)14)7-12(11(16)17)4-1-5-15-12/h2-3,6,15H,1,4-5,7H2,(H,16,17)/t12-/m0/s1. The van der Waals surface area contributed by atoms with Crippen LogP contribution in [-0.4, -0.2) is 18.1 Å². The number of carboxylic acid groups (broad SMARTS) is 1. The van der Waals surface area contributed by atoms with Gasteiger partial charge in [0.1, 0.15) is 11.5 Å². The lowest BCUT2D eigenvalue weighted by molar-refractivity contribution is -0.700. The highest BCUT2D eigenvalue weighted by Crippen LogP contribution is 2.25. The van der Waals surface area contributed by atoms with Gasteiger partial charge in [-0.1, -0.05) is 29.3 Å². The second-order valence-corrected chi connectivity index (χ2v) is 5.28. The first kappa shape index (κ1) is 12.7. The first-order valence-electron chi connectivity index (χ1n) is 5.53. The van der Waals surface area contributed by atoms with E-state index < -0.39 is 11.5 Å². The molecule has 1 aromatic rings. The molecule has 0 bridgehead atoms. The molecule has 1 aromatic carbocycles. The lowest BCUT2D eigenvalue weighted by Crippen LogP contribution is -2.97. The number of hydrogen-bond donors (Lipinski definition) is 1. The Morgan fingerprint density at radius 1 is 1.41 bits per heavy atom. The third kappa shape index (κ3) is 2.57. The summed E-state index contributed by atoms with van der Waals surface area (Å²) in [6.07, 6.45) is 1.96. The maximum Gasteiger partial charge on any atom is 0.140 e. The summed E-state index contributed by atoms with van der Waals surface area (Å²) in [6.45, 7) is 0.829. The minimum atomic E-state index is -0.999. The summed E-state index contributed by atoms with van der Waals surface area (Å²) in [7, 11) is 0. The molecule has 0 aromatic heterocycles. The molecule has 2 N–H and O–H groups in total. The number of rotatable bonds is 3. The Morgan fingerprint density at radius 2 is 2.18 bits per heavy atom. The van der Waals surface area contributed by atoms with E-state index in [1.165, 1.54) is 0 Å². The number of aliphatic carboxylic acids is 1. The van der Waals surface area contributed by atoms with Crippen LogP contribution in [0.15, 0.2) is 18.2 Å². The summed E-state index contributed by atoms with van der Waals surface area (Å²) in [5.74, 6) is -0.999. The lowest BCUT2D eigenvalue weighted by atomic mass is 9.89. The summed E-state index contributed by atoms with van der Waals surface area (Å²) in [6, 6.07) is 5.23. The molecule has 92 valence electrons. The number of carboxylic acids is 1. The zero-order valence-corrected chi connectivity index (χ0v) is 10.7. The van der Waals surface area contributed by atoms with Crippen LogP contribution in [0.4, 0.5) is 0 Å². The van der Waals surface area contributed by atoms with Gasteiger partial charge >= 0.3 is 0 Å². The van der Waals surface area contributed by atoms with Crippen molar-refractivity contribution in [2.75, 3.05) is 6.54 Å². The summed E-state index contributed by atoms with van der Waals surface area (Å²) in [5.41, 5.74) is 0.0405. The van der Waals surface area contributed by atoms with Gasteiger partial charge < -0.3 is 15.2 Å². The SMILES string of the molecule is O=C([O-])[C@@]1(Cc2ccc(Cl)c(Cl)c2)CCC[NH2+]1. The fourth-order valence-corrected chi connectivity index (χ4v) is 2.65. The molecule has 5 heteroatoms. The van der Waals surface area contributed by atoms with Crippen LogP contribution in [0.2, 0.25) is 10.0 Å². The molecule has 1 aliphatic rings. The minimum absolute atomic E-state index is 0.423. The maximum absolute atomic E-state index is 11.3. The second-order valence-electron chi connectivity index (χ2n) is 4.47. The van der Waals surface area contributed by atoms with Crippen molar-refractivity contribution in [2.45, 2.75) is 24.8 Å². The molecule has 1 fully saturated rings. The zero-order chi connectivity index (χ0) is 12.5. The molecule has 1 saturated heterocycles. The normalized spacial score (nSPS) is 23.9. The Bertz CT molecular complexity index is 442. The monoisotopic (exact) mass is 273 g/mol. The first-order valence-corrected chi connectivity index (χ1v) is 6.29. The Labute approximate surface area is 110 Å². The van der Waals surface area contributed by atoms with Gasteiger partial charge in [0.15, 0.2) is 0 Å². The molecule has 0 aliphatic carbocycles. The van der Waals surface area contributed by atoms with Crippen molar-refractivity contribution in [2.24, 2.45) is 0 Å². The van der Waals surface area contributed by atoms with Gasteiger partial charge in [-0.25, -0.2) is 0 Å². The van der Waals surface area contributed by atoms with E-state index in [-0.39, 0.29) is 0 Å². The van der Waals surface area contributed by atoms with Gasteiger partial charge in [0.2, 0.25) is 0 Å². The average molecular weight is 274 g/mol. The molecule has 3 nitrogen and oxygen atoms in total. The number of hydrogen-bond acceptors (Lipinski definition) is 2. The van der Waals surface area contributed by atoms with Gasteiger partial charge in [-0.3, -0.25) is 0 Å². The van der Waals surface area contributed by atoms with Gasteiger partial charge in [0, 0.05) is 19.3 Å². The first-order chi connectivity index (χ1) is 8.03. The summed E-state index contributed by atoms with van der Waals surface area (Å²) in [4.78, 5) is 11.3. The Kier molecular flexibility index (Phi) is 3.61. The lowest BCUT2D eigenvalue weighted by Gasteiger charge is -2.27. The minimum Gasteiger partial charge on any atom is -0.544 e. The number of nitrogens with two attached hydrogens (primary N) is 1. The predicted molar refractivity (Wildman–Crippen MR) is 63.9 cm³/mol. The maximum atomic E-state index is 11.3. The molecular formula is C12H13Cl2NO2. The van der Waals surface area contributed by atoms with Crippen LogP contribution in [0, 0.1) is 0 Å². The van der Waals surface area contributed by atoms with Gasteiger partial charge in [0.05, 0.1) is 16.6 Å². The fourth-order valence-electron chi connectivity index (χ4n) is 2.33. The smallest absolute Gasteiger partial charge is 0.140 e. The van der Waals surface area contributed by atoms with Crippen LogP contribution >= 0.6 is 23.2 Å². The molecule has 0 saturated carbocycles. The highest BCUT2D eigenvalue weighted by molar-refractivity contribution is 6.42. The average Bonchev–Trinajstić information content (AvgIpc) is 2.73. The molecule has 1 heterocycles. The van der Waals surface area contributed by atoms with Crippen LogP contribution in [0.25, 0.3) is 0 Å². The highest BCUT2D eigenvalue weighted by Gasteiger charge is 2.39. The topological polar surface area (TPSA) is 56.7 Å². The molecule has 1 aliphatic heterocycles. The van der Waals surface area contributed by atoms with E-state index in [1.807, 2.05) is 11.4 Å². The van der Waals surface area contributed by atoms with Crippen LogP contribution in [0.1, 0.15) is 18.4 Å². The molecule has 0 unspecified atom stereocenters. The number of halogens is 2. The van der Waals surface area contributed by atoms with Gasteiger partial charge in [0.25, 0.3) is 0 Å². The van der Waals surface area contributed by atoms with Crippen LogP contribution in [-0.2, 0) is 11.2 Å². The van der Waals surface area contributed by atoms with Crippen molar-refractivity contribution >= 4 is 29.2 Å².